The van der Waals surface area contributed by atoms with Crippen LogP contribution in [-0.2, 0) is 0 Å². The first kappa shape index (κ1) is 13.3. The van der Waals surface area contributed by atoms with Gasteiger partial charge in [0.15, 0.2) is 0 Å². The molecule has 0 spiro atoms. The Morgan fingerprint density at radius 1 is 1.28 bits per heavy atom. The number of aryl methyl sites for hydroxylation is 1. The van der Waals surface area contributed by atoms with Gasteiger partial charge < -0.3 is 5.43 Å². The van der Waals surface area contributed by atoms with Gasteiger partial charge in [-0.3, -0.25) is 0 Å². The quantitative estimate of drug-likeness (QED) is 0.637. The molecule has 2 unspecified atom stereocenters. The summed E-state index contributed by atoms with van der Waals surface area (Å²) in [5, 5.41) is 0. The summed E-state index contributed by atoms with van der Waals surface area (Å²) in [6.07, 6.45) is 6.36. The molecule has 3 N–H and O–H groups in total. The first-order valence-corrected chi connectivity index (χ1v) is 6.97. The van der Waals surface area contributed by atoms with Crippen molar-refractivity contribution in [3.63, 3.8) is 0 Å². The summed E-state index contributed by atoms with van der Waals surface area (Å²) in [7, 11) is 0. The van der Waals surface area contributed by atoms with Crippen molar-refractivity contribution in [1.29, 1.82) is 0 Å². The lowest BCUT2D eigenvalue weighted by Gasteiger charge is -2.28. The third-order valence-corrected chi connectivity index (χ3v) is 4.27. The van der Waals surface area contributed by atoms with Gasteiger partial charge in [0.2, 0.25) is 0 Å². The Balaban J connectivity index is 2.24. The van der Waals surface area contributed by atoms with E-state index in [-0.39, 0.29) is 0 Å². The lowest BCUT2D eigenvalue weighted by molar-refractivity contribution is 0.307. The van der Waals surface area contributed by atoms with E-state index in [1.165, 1.54) is 32.1 Å². The molecule has 1 saturated carbocycles. The van der Waals surface area contributed by atoms with E-state index in [0.29, 0.717) is 5.92 Å². The second-order valence-electron chi connectivity index (χ2n) is 5.42. The summed E-state index contributed by atoms with van der Waals surface area (Å²) in [4.78, 5) is 9.26. The highest BCUT2D eigenvalue weighted by atomic mass is 15.3. The number of rotatable bonds is 3. The molecule has 2 atom stereocenters. The second-order valence-corrected chi connectivity index (χ2v) is 5.42. The van der Waals surface area contributed by atoms with Gasteiger partial charge in [0.05, 0.1) is 0 Å². The van der Waals surface area contributed by atoms with Crippen LogP contribution in [0.4, 0.5) is 5.82 Å². The number of hydrazine groups is 1. The van der Waals surface area contributed by atoms with Crippen LogP contribution >= 0.6 is 0 Å². The summed E-state index contributed by atoms with van der Waals surface area (Å²) < 4.78 is 0. The summed E-state index contributed by atoms with van der Waals surface area (Å²) in [6, 6.07) is 0. The van der Waals surface area contributed by atoms with Crippen LogP contribution in [0.1, 0.15) is 62.0 Å². The second kappa shape index (κ2) is 5.65. The van der Waals surface area contributed by atoms with Crippen LogP contribution < -0.4 is 11.3 Å². The van der Waals surface area contributed by atoms with E-state index in [1.54, 1.807) is 0 Å². The number of hydrogen-bond acceptors (Lipinski definition) is 4. The highest BCUT2D eigenvalue weighted by Gasteiger charge is 2.25. The zero-order valence-corrected chi connectivity index (χ0v) is 11.7. The SMILES string of the molecule is CCC1CCCC(c2nc(C)c(C)c(NN)n2)C1. The highest BCUT2D eigenvalue weighted by Crippen LogP contribution is 2.36. The third-order valence-electron chi connectivity index (χ3n) is 4.27. The number of nitrogens with one attached hydrogen (secondary N) is 1. The van der Waals surface area contributed by atoms with Crippen molar-refractivity contribution in [1.82, 2.24) is 9.97 Å². The molecule has 4 heteroatoms. The fourth-order valence-electron chi connectivity index (χ4n) is 2.87. The monoisotopic (exact) mass is 248 g/mol. The smallest absolute Gasteiger partial charge is 0.146 e. The van der Waals surface area contributed by atoms with E-state index in [9.17, 15) is 0 Å². The third kappa shape index (κ3) is 2.64. The van der Waals surface area contributed by atoms with Crippen molar-refractivity contribution < 1.29 is 0 Å². The maximum absolute atomic E-state index is 5.53. The predicted octanol–water partition coefficient (Wildman–Crippen LogP) is 3.06. The van der Waals surface area contributed by atoms with Crippen LogP contribution in [0.2, 0.25) is 0 Å². The number of anilines is 1. The van der Waals surface area contributed by atoms with Gasteiger partial charge in [-0.25, -0.2) is 15.8 Å². The number of aromatic nitrogens is 2. The Kier molecular flexibility index (Phi) is 4.17. The highest BCUT2D eigenvalue weighted by molar-refractivity contribution is 5.44. The summed E-state index contributed by atoms with van der Waals surface area (Å²) in [6.45, 7) is 6.31. The molecule has 0 bridgehead atoms. The molecular formula is C14H24N4. The molecule has 1 heterocycles. The Bertz CT molecular complexity index is 417. The minimum absolute atomic E-state index is 0.509. The van der Waals surface area contributed by atoms with Crippen molar-refractivity contribution in [3.05, 3.63) is 17.1 Å². The van der Waals surface area contributed by atoms with Crippen molar-refractivity contribution in [3.8, 4) is 0 Å². The fourth-order valence-corrected chi connectivity index (χ4v) is 2.87. The van der Waals surface area contributed by atoms with E-state index in [4.69, 9.17) is 5.84 Å². The molecule has 4 nitrogen and oxygen atoms in total. The van der Waals surface area contributed by atoms with Crippen LogP contribution in [-0.4, -0.2) is 9.97 Å². The Morgan fingerprint density at radius 3 is 2.72 bits per heavy atom. The standard InChI is InChI=1S/C14H24N4/c1-4-11-6-5-7-12(8-11)14-16-10(3)9(2)13(17-14)18-15/h11-12H,4-8,15H2,1-3H3,(H,16,17,18). The number of hydrogen-bond donors (Lipinski definition) is 2. The molecule has 1 aliphatic rings. The molecule has 1 aliphatic carbocycles. The first-order chi connectivity index (χ1) is 8.65. The molecule has 0 saturated heterocycles. The van der Waals surface area contributed by atoms with Crippen molar-refractivity contribution in [2.45, 2.75) is 58.8 Å². The van der Waals surface area contributed by atoms with Gasteiger partial charge in [-0.1, -0.05) is 26.2 Å². The molecule has 2 rings (SSSR count). The van der Waals surface area contributed by atoms with Gasteiger partial charge in [0.25, 0.3) is 0 Å². The van der Waals surface area contributed by atoms with E-state index in [1.807, 2.05) is 13.8 Å². The van der Waals surface area contributed by atoms with Gasteiger partial charge in [0, 0.05) is 17.2 Å². The lowest BCUT2D eigenvalue weighted by Crippen LogP contribution is -2.19. The first-order valence-electron chi connectivity index (χ1n) is 6.97. The van der Waals surface area contributed by atoms with Gasteiger partial charge in [-0.15, -0.1) is 0 Å². The molecule has 100 valence electrons. The minimum atomic E-state index is 0.509. The van der Waals surface area contributed by atoms with Crippen molar-refractivity contribution in [2.75, 3.05) is 5.43 Å². The molecule has 0 aromatic carbocycles. The Morgan fingerprint density at radius 2 is 2.06 bits per heavy atom. The van der Waals surface area contributed by atoms with E-state index < -0.39 is 0 Å². The van der Waals surface area contributed by atoms with Gasteiger partial charge in [-0.2, -0.15) is 0 Å². The topological polar surface area (TPSA) is 63.8 Å². The molecule has 0 radical (unpaired) electrons. The summed E-state index contributed by atoms with van der Waals surface area (Å²) in [5.74, 6) is 8.63. The van der Waals surface area contributed by atoms with Crippen molar-refractivity contribution in [2.24, 2.45) is 11.8 Å². The predicted molar refractivity (Wildman–Crippen MR) is 74.3 cm³/mol. The zero-order chi connectivity index (χ0) is 13.1. The van der Waals surface area contributed by atoms with Crippen LogP contribution in [0.3, 0.4) is 0 Å². The molecule has 1 aromatic heterocycles. The van der Waals surface area contributed by atoms with Crippen molar-refractivity contribution >= 4 is 5.82 Å². The molecule has 1 fully saturated rings. The van der Waals surface area contributed by atoms with Gasteiger partial charge in [-0.05, 0) is 32.6 Å². The lowest BCUT2D eigenvalue weighted by atomic mass is 9.80. The Labute approximate surface area is 109 Å². The Hall–Kier alpha value is -1.16. The van der Waals surface area contributed by atoms with Crippen LogP contribution in [0, 0.1) is 19.8 Å². The van der Waals surface area contributed by atoms with Gasteiger partial charge in [0.1, 0.15) is 11.6 Å². The van der Waals surface area contributed by atoms with Crippen LogP contribution in [0.5, 0.6) is 0 Å². The zero-order valence-electron chi connectivity index (χ0n) is 11.7. The largest absolute Gasteiger partial charge is 0.308 e. The number of nitrogen functional groups attached to an aromatic ring is 1. The maximum Gasteiger partial charge on any atom is 0.146 e. The van der Waals surface area contributed by atoms with Gasteiger partial charge >= 0.3 is 0 Å². The van der Waals surface area contributed by atoms with E-state index in [0.717, 1.165) is 28.8 Å². The minimum Gasteiger partial charge on any atom is -0.308 e. The average molecular weight is 248 g/mol. The molecular weight excluding hydrogens is 224 g/mol. The number of nitrogens with zero attached hydrogens (tertiary/aromatic N) is 2. The molecule has 0 aliphatic heterocycles. The molecule has 1 aromatic rings. The summed E-state index contributed by atoms with van der Waals surface area (Å²) >= 11 is 0. The normalized spacial score (nSPS) is 24.0. The van der Waals surface area contributed by atoms with Crippen LogP contribution in [0.15, 0.2) is 0 Å². The maximum atomic E-state index is 5.53. The molecule has 0 amide bonds. The van der Waals surface area contributed by atoms with E-state index >= 15 is 0 Å². The summed E-state index contributed by atoms with van der Waals surface area (Å²) in [5.41, 5.74) is 4.77. The number of nitrogens with two attached hydrogens (primary N) is 1. The van der Waals surface area contributed by atoms with E-state index in [2.05, 4.69) is 22.3 Å². The fraction of sp³-hybridized carbons (Fsp3) is 0.714. The average Bonchev–Trinajstić information content (AvgIpc) is 2.41. The van der Waals surface area contributed by atoms with Crippen LogP contribution in [0.25, 0.3) is 0 Å². The molecule has 18 heavy (non-hydrogen) atoms.